The molecule has 1 aromatic heterocycles. The SMILES string of the molecule is COc1cc(OC)cc(Oc2cc(NN)nc(SC)n2)c1. The summed E-state index contributed by atoms with van der Waals surface area (Å²) >= 11 is 1.39. The first-order chi connectivity index (χ1) is 10.2. The van der Waals surface area contributed by atoms with Gasteiger partial charge in [-0.25, -0.2) is 10.8 Å². The Morgan fingerprint density at radius 1 is 1.00 bits per heavy atom. The van der Waals surface area contributed by atoms with Gasteiger partial charge in [-0.15, -0.1) is 0 Å². The first-order valence-electron chi connectivity index (χ1n) is 5.99. The highest BCUT2D eigenvalue weighted by atomic mass is 32.2. The molecule has 0 saturated heterocycles. The minimum absolute atomic E-state index is 0.373. The van der Waals surface area contributed by atoms with Crippen LogP contribution >= 0.6 is 11.8 Å². The molecule has 0 amide bonds. The Balaban J connectivity index is 2.32. The van der Waals surface area contributed by atoms with E-state index in [9.17, 15) is 0 Å². The molecule has 0 atom stereocenters. The van der Waals surface area contributed by atoms with E-state index >= 15 is 0 Å². The number of nitrogens with one attached hydrogen (secondary N) is 1. The van der Waals surface area contributed by atoms with Crippen molar-refractivity contribution in [2.24, 2.45) is 5.84 Å². The van der Waals surface area contributed by atoms with Crippen molar-refractivity contribution in [3.63, 3.8) is 0 Å². The third kappa shape index (κ3) is 3.89. The Kier molecular flexibility index (Phi) is 5.07. The van der Waals surface area contributed by atoms with Crippen molar-refractivity contribution >= 4 is 17.6 Å². The quantitative estimate of drug-likeness (QED) is 0.363. The lowest BCUT2D eigenvalue weighted by atomic mass is 10.3. The molecule has 8 heteroatoms. The predicted molar refractivity (Wildman–Crippen MR) is 81.2 cm³/mol. The second-order valence-corrected chi connectivity index (χ2v) is 4.65. The second-order valence-electron chi connectivity index (χ2n) is 3.87. The molecule has 0 aliphatic rings. The number of hydrazine groups is 1. The molecule has 0 unspecified atom stereocenters. The van der Waals surface area contributed by atoms with E-state index < -0.39 is 0 Å². The van der Waals surface area contributed by atoms with E-state index in [1.54, 1.807) is 38.5 Å². The predicted octanol–water partition coefficient (Wildman–Crippen LogP) is 2.29. The van der Waals surface area contributed by atoms with Crippen LogP contribution in [-0.4, -0.2) is 30.4 Å². The number of nitrogens with two attached hydrogens (primary N) is 1. The number of benzene rings is 1. The van der Waals surface area contributed by atoms with Crippen molar-refractivity contribution in [2.75, 3.05) is 25.9 Å². The van der Waals surface area contributed by atoms with Gasteiger partial charge in [-0.3, -0.25) is 0 Å². The number of hydrogen-bond acceptors (Lipinski definition) is 8. The highest BCUT2D eigenvalue weighted by Gasteiger charge is 2.08. The van der Waals surface area contributed by atoms with Crippen LogP contribution in [0.1, 0.15) is 0 Å². The summed E-state index contributed by atoms with van der Waals surface area (Å²) in [6, 6.07) is 6.83. The molecular formula is C13H16N4O3S. The fraction of sp³-hybridized carbons (Fsp3) is 0.231. The van der Waals surface area contributed by atoms with Crippen LogP contribution in [0.3, 0.4) is 0 Å². The smallest absolute Gasteiger partial charge is 0.225 e. The highest BCUT2D eigenvalue weighted by Crippen LogP contribution is 2.31. The van der Waals surface area contributed by atoms with Gasteiger partial charge < -0.3 is 19.6 Å². The largest absolute Gasteiger partial charge is 0.496 e. The number of nitrogen functional groups attached to an aromatic ring is 1. The summed E-state index contributed by atoms with van der Waals surface area (Å²) in [6.45, 7) is 0. The third-order valence-electron chi connectivity index (χ3n) is 2.56. The lowest BCUT2D eigenvalue weighted by Gasteiger charge is -2.10. The van der Waals surface area contributed by atoms with Crippen LogP contribution in [0.25, 0.3) is 0 Å². The molecule has 2 rings (SSSR count). The van der Waals surface area contributed by atoms with Crippen molar-refractivity contribution in [3.05, 3.63) is 24.3 Å². The van der Waals surface area contributed by atoms with E-state index in [2.05, 4.69) is 15.4 Å². The summed E-state index contributed by atoms with van der Waals surface area (Å²) in [4.78, 5) is 8.42. The van der Waals surface area contributed by atoms with Gasteiger partial charge in [0.05, 0.1) is 14.2 Å². The maximum Gasteiger partial charge on any atom is 0.225 e. The molecule has 0 aliphatic heterocycles. The van der Waals surface area contributed by atoms with E-state index in [4.69, 9.17) is 20.1 Å². The number of rotatable bonds is 6. The summed E-state index contributed by atoms with van der Waals surface area (Å²) in [5.41, 5.74) is 2.48. The van der Waals surface area contributed by atoms with E-state index in [1.165, 1.54) is 11.8 Å². The van der Waals surface area contributed by atoms with Gasteiger partial charge in [0, 0.05) is 24.3 Å². The van der Waals surface area contributed by atoms with Crippen molar-refractivity contribution in [1.82, 2.24) is 9.97 Å². The summed E-state index contributed by atoms with van der Waals surface area (Å²) in [5, 5.41) is 0.551. The van der Waals surface area contributed by atoms with Crippen molar-refractivity contribution in [1.29, 1.82) is 0 Å². The maximum absolute atomic E-state index is 5.73. The molecule has 2 aromatic rings. The molecule has 0 radical (unpaired) electrons. The number of anilines is 1. The average Bonchev–Trinajstić information content (AvgIpc) is 2.53. The Morgan fingerprint density at radius 2 is 1.62 bits per heavy atom. The Bertz CT molecular complexity index is 526. The zero-order valence-electron chi connectivity index (χ0n) is 11.9. The van der Waals surface area contributed by atoms with Gasteiger partial charge in [-0.05, 0) is 6.26 Å². The third-order valence-corrected chi connectivity index (χ3v) is 3.11. The van der Waals surface area contributed by atoms with Gasteiger partial charge in [0.25, 0.3) is 0 Å². The van der Waals surface area contributed by atoms with Crippen LogP contribution in [0, 0.1) is 0 Å². The van der Waals surface area contributed by atoms with E-state index in [1.807, 2.05) is 6.26 Å². The molecule has 7 nitrogen and oxygen atoms in total. The van der Waals surface area contributed by atoms with Crippen LogP contribution < -0.4 is 25.5 Å². The molecule has 0 aliphatic carbocycles. The Hall–Kier alpha value is -2.19. The monoisotopic (exact) mass is 308 g/mol. The van der Waals surface area contributed by atoms with Crippen LogP contribution in [0.5, 0.6) is 23.1 Å². The number of methoxy groups -OCH3 is 2. The number of aromatic nitrogens is 2. The van der Waals surface area contributed by atoms with Crippen LogP contribution in [0.4, 0.5) is 5.82 Å². The lowest BCUT2D eigenvalue weighted by Crippen LogP contribution is -2.09. The fourth-order valence-electron chi connectivity index (χ4n) is 1.58. The minimum atomic E-state index is 0.373. The van der Waals surface area contributed by atoms with Gasteiger partial charge in [-0.1, -0.05) is 11.8 Å². The van der Waals surface area contributed by atoms with Gasteiger partial charge in [-0.2, -0.15) is 4.98 Å². The highest BCUT2D eigenvalue weighted by molar-refractivity contribution is 7.98. The molecule has 21 heavy (non-hydrogen) atoms. The first-order valence-corrected chi connectivity index (χ1v) is 7.21. The van der Waals surface area contributed by atoms with Gasteiger partial charge in [0.1, 0.15) is 23.1 Å². The maximum atomic E-state index is 5.73. The lowest BCUT2D eigenvalue weighted by molar-refractivity contribution is 0.384. The van der Waals surface area contributed by atoms with E-state index in [0.29, 0.717) is 34.1 Å². The standard InChI is InChI=1S/C13H16N4O3S/c1-18-8-4-9(19-2)6-10(5-8)20-12-7-11(17-14)15-13(16-12)21-3/h4-7H,14H2,1-3H3,(H,15,16,17). The van der Waals surface area contributed by atoms with Gasteiger partial charge in [0.2, 0.25) is 5.88 Å². The van der Waals surface area contributed by atoms with Crippen LogP contribution in [-0.2, 0) is 0 Å². The molecular weight excluding hydrogens is 292 g/mol. The molecule has 0 bridgehead atoms. The topological polar surface area (TPSA) is 91.5 Å². The summed E-state index contributed by atoms with van der Waals surface area (Å²) < 4.78 is 16.1. The summed E-state index contributed by atoms with van der Waals surface area (Å²) in [5.74, 6) is 8.02. The van der Waals surface area contributed by atoms with Crippen LogP contribution in [0.2, 0.25) is 0 Å². The molecule has 0 fully saturated rings. The zero-order chi connectivity index (χ0) is 15.2. The molecule has 1 aromatic carbocycles. The number of nitrogens with zero attached hydrogens (tertiary/aromatic N) is 2. The zero-order valence-corrected chi connectivity index (χ0v) is 12.7. The van der Waals surface area contributed by atoms with Gasteiger partial charge in [0.15, 0.2) is 5.16 Å². The van der Waals surface area contributed by atoms with E-state index in [0.717, 1.165) is 0 Å². The average molecular weight is 308 g/mol. The Morgan fingerprint density at radius 3 is 2.14 bits per heavy atom. The molecule has 112 valence electrons. The molecule has 3 N–H and O–H groups in total. The number of thioether (sulfide) groups is 1. The number of ether oxygens (including phenoxy) is 3. The molecule has 0 spiro atoms. The fourth-order valence-corrected chi connectivity index (χ4v) is 1.95. The molecule has 0 saturated carbocycles. The van der Waals surface area contributed by atoms with Gasteiger partial charge >= 0.3 is 0 Å². The summed E-state index contributed by atoms with van der Waals surface area (Å²) in [6.07, 6.45) is 1.87. The number of hydrogen-bond donors (Lipinski definition) is 2. The minimum Gasteiger partial charge on any atom is -0.496 e. The summed E-state index contributed by atoms with van der Waals surface area (Å²) in [7, 11) is 3.15. The van der Waals surface area contributed by atoms with Crippen molar-refractivity contribution in [3.8, 4) is 23.1 Å². The van der Waals surface area contributed by atoms with Crippen molar-refractivity contribution < 1.29 is 14.2 Å². The van der Waals surface area contributed by atoms with Crippen LogP contribution in [0.15, 0.2) is 29.4 Å². The first kappa shape index (κ1) is 15.2. The second kappa shape index (κ2) is 7.00. The van der Waals surface area contributed by atoms with Crippen molar-refractivity contribution in [2.45, 2.75) is 5.16 Å². The normalized spacial score (nSPS) is 10.1. The van der Waals surface area contributed by atoms with E-state index in [-0.39, 0.29) is 0 Å². The molecule has 1 heterocycles. The Labute approximate surface area is 126 Å².